The first kappa shape index (κ1) is 14.5. The average Bonchev–Trinajstić information content (AvgIpc) is 2.16. The minimum Gasteiger partial charge on any atom is -0.296 e. The molecule has 15 heavy (non-hydrogen) atoms. The molecular weight excluding hydrogens is 223 g/mol. The lowest BCUT2D eigenvalue weighted by molar-refractivity contribution is -0.145. The molecule has 0 N–H and O–H groups in total. The van der Waals surface area contributed by atoms with E-state index in [2.05, 4.69) is 9.05 Å². The van der Waals surface area contributed by atoms with Crippen LogP contribution in [0.5, 0.6) is 0 Å². The van der Waals surface area contributed by atoms with Gasteiger partial charge in [-0.05, 0) is 20.8 Å². The molecule has 0 aliphatic carbocycles. The van der Waals surface area contributed by atoms with Gasteiger partial charge in [0.2, 0.25) is 0 Å². The minimum atomic E-state index is -3.85. The highest BCUT2D eigenvalue weighted by molar-refractivity contribution is 7.48. The summed E-state index contributed by atoms with van der Waals surface area (Å²) >= 11 is 0. The van der Waals surface area contributed by atoms with Gasteiger partial charge in [0.25, 0.3) is 0 Å². The predicted octanol–water partition coefficient (Wildman–Crippen LogP) is 1.34. The normalized spacial score (nSPS) is 12.6. The van der Waals surface area contributed by atoms with E-state index < -0.39 is 25.0 Å². The predicted molar refractivity (Wildman–Crippen MR) is 52.5 cm³/mol. The van der Waals surface area contributed by atoms with Crippen molar-refractivity contribution in [2.45, 2.75) is 26.4 Å². The van der Waals surface area contributed by atoms with E-state index in [1.807, 2.05) is 0 Å². The van der Waals surface area contributed by atoms with Gasteiger partial charge in [0.1, 0.15) is 0 Å². The second-order valence-corrected chi connectivity index (χ2v) is 4.86. The number of ketones is 2. The molecule has 0 bridgehead atoms. The molecule has 0 saturated carbocycles. The Kier molecular flexibility index (Phi) is 4.80. The summed E-state index contributed by atoms with van der Waals surface area (Å²) in [5.74, 6) is -1.13. The molecule has 0 heterocycles. The topological polar surface area (TPSA) is 78.9 Å². The summed E-state index contributed by atoms with van der Waals surface area (Å²) in [7, 11) is -1.65. The van der Waals surface area contributed by atoms with Crippen molar-refractivity contribution >= 4 is 19.4 Å². The Morgan fingerprint density at radius 3 is 1.60 bits per heavy atom. The Morgan fingerprint density at radius 2 is 1.40 bits per heavy atom. The summed E-state index contributed by atoms with van der Waals surface area (Å²) in [6, 6.07) is 0. The first-order valence-electron chi connectivity index (χ1n) is 4.16. The Morgan fingerprint density at radius 1 is 1.07 bits per heavy atom. The van der Waals surface area contributed by atoms with Crippen molar-refractivity contribution in [3.63, 3.8) is 0 Å². The van der Waals surface area contributed by atoms with Gasteiger partial charge >= 0.3 is 7.82 Å². The highest BCUT2D eigenvalue weighted by atomic mass is 31.2. The minimum absolute atomic E-state index is 0.565. The molecule has 0 amide bonds. The maximum Gasteiger partial charge on any atom is 0.475 e. The van der Waals surface area contributed by atoms with Crippen molar-refractivity contribution in [2.75, 3.05) is 14.2 Å². The molecule has 88 valence electrons. The van der Waals surface area contributed by atoms with Gasteiger partial charge < -0.3 is 0 Å². The molecule has 0 radical (unpaired) electrons. The fourth-order valence-corrected chi connectivity index (χ4v) is 1.75. The van der Waals surface area contributed by atoms with E-state index in [1.54, 1.807) is 0 Å². The maximum atomic E-state index is 11.6. The maximum absolute atomic E-state index is 11.6. The molecule has 6 nitrogen and oxygen atoms in total. The van der Waals surface area contributed by atoms with Crippen LogP contribution in [0.4, 0.5) is 0 Å². The van der Waals surface area contributed by atoms with Gasteiger partial charge in [0.15, 0.2) is 17.2 Å². The molecule has 0 fully saturated rings. The van der Waals surface area contributed by atoms with E-state index in [9.17, 15) is 14.2 Å². The highest BCUT2D eigenvalue weighted by Gasteiger charge is 2.44. The van der Waals surface area contributed by atoms with Gasteiger partial charge in [-0.15, -0.1) is 0 Å². The number of carbonyl (C=O) groups is 2. The number of Topliss-reactive ketones (excluding diaryl/α,β-unsaturated/α-hetero) is 2. The van der Waals surface area contributed by atoms with Crippen molar-refractivity contribution in [3.05, 3.63) is 0 Å². The van der Waals surface area contributed by atoms with Gasteiger partial charge in [0.05, 0.1) is 0 Å². The summed E-state index contributed by atoms with van der Waals surface area (Å²) in [5, 5.41) is 0. The van der Waals surface area contributed by atoms with Crippen LogP contribution in [0, 0.1) is 0 Å². The zero-order valence-corrected chi connectivity index (χ0v) is 10.3. The van der Waals surface area contributed by atoms with Crippen LogP contribution in [0.1, 0.15) is 20.8 Å². The van der Waals surface area contributed by atoms with Crippen LogP contribution in [0.3, 0.4) is 0 Å². The third-order valence-electron chi connectivity index (χ3n) is 2.09. The second kappa shape index (κ2) is 4.99. The van der Waals surface area contributed by atoms with Crippen LogP contribution >= 0.6 is 7.82 Å². The van der Waals surface area contributed by atoms with Crippen molar-refractivity contribution in [1.29, 1.82) is 0 Å². The van der Waals surface area contributed by atoms with Crippen LogP contribution in [-0.2, 0) is 27.7 Å². The highest BCUT2D eigenvalue weighted by Crippen LogP contribution is 2.51. The van der Waals surface area contributed by atoms with E-state index in [0.717, 1.165) is 28.1 Å². The summed E-state index contributed by atoms with van der Waals surface area (Å²) in [6.45, 7) is 3.55. The molecule has 0 unspecified atom stereocenters. The molecule has 0 rings (SSSR count). The van der Waals surface area contributed by atoms with E-state index in [-0.39, 0.29) is 0 Å². The Balaban J connectivity index is 5.09. The summed E-state index contributed by atoms with van der Waals surface area (Å²) in [6.07, 6.45) is 0. The van der Waals surface area contributed by atoms with Crippen LogP contribution in [0.15, 0.2) is 0 Å². The first-order chi connectivity index (χ1) is 6.72. The van der Waals surface area contributed by atoms with E-state index >= 15 is 0 Å². The number of phosphoric ester groups is 1. The lowest BCUT2D eigenvalue weighted by Gasteiger charge is -2.26. The third-order valence-corrected chi connectivity index (χ3v) is 3.57. The van der Waals surface area contributed by atoms with Gasteiger partial charge in [-0.3, -0.25) is 23.2 Å². The Hall–Kier alpha value is -0.550. The van der Waals surface area contributed by atoms with Gasteiger partial charge in [-0.1, -0.05) is 0 Å². The van der Waals surface area contributed by atoms with E-state index in [1.165, 1.54) is 6.92 Å². The molecule has 0 spiro atoms. The number of hydrogen-bond acceptors (Lipinski definition) is 6. The quantitative estimate of drug-likeness (QED) is 0.513. The zero-order chi connectivity index (χ0) is 12.3. The van der Waals surface area contributed by atoms with Crippen LogP contribution in [0.25, 0.3) is 0 Å². The van der Waals surface area contributed by atoms with Gasteiger partial charge in [-0.2, -0.15) is 0 Å². The van der Waals surface area contributed by atoms with Crippen molar-refractivity contribution in [1.82, 2.24) is 0 Å². The second-order valence-electron chi connectivity index (χ2n) is 3.05. The number of carbonyl (C=O) groups excluding carboxylic acids is 2. The third kappa shape index (κ3) is 3.21. The average molecular weight is 238 g/mol. The molecule has 0 saturated heterocycles. The number of phosphoric acid groups is 1. The lowest BCUT2D eigenvalue weighted by atomic mass is 9.98. The van der Waals surface area contributed by atoms with E-state index in [0.29, 0.717) is 0 Å². The Labute approximate surface area is 88.5 Å². The standard InChI is InChI=1S/C8H15O6P/c1-6(9)8(3,7(2)10)14-15(11,12-4)13-5/h1-5H3. The molecular formula is C8H15O6P. The molecule has 0 atom stereocenters. The smallest absolute Gasteiger partial charge is 0.296 e. The zero-order valence-electron chi connectivity index (χ0n) is 9.40. The lowest BCUT2D eigenvalue weighted by Crippen LogP contribution is -2.43. The van der Waals surface area contributed by atoms with Crippen molar-refractivity contribution in [3.8, 4) is 0 Å². The Bertz CT molecular complexity index is 288. The van der Waals surface area contributed by atoms with Crippen LogP contribution < -0.4 is 0 Å². The van der Waals surface area contributed by atoms with Gasteiger partial charge in [-0.25, -0.2) is 4.57 Å². The monoisotopic (exact) mass is 238 g/mol. The van der Waals surface area contributed by atoms with Crippen LogP contribution in [0.2, 0.25) is 0 Å². The summed E-state index contributed by atoms with van der Waals surface area (Å²) in [4.78, 5) is 22.5. The molecule has 0 aliphatic rings. The van der Waals surface area contributed by atoms with Gasteiger partial charge in [0, 0.05) is 14.2 Å². The summed E-state index contributed by atoms with van der Waals surface area (Å²) in [5.41, 5.74) is -1.80. The molecule has 0 aliphatic heterocycles. The van der Waals surface area contributed by atoms with Crippen molar-refractivity contribution in [2.24, 2.45) is 0 Å². The first-order valence-corrected chi connectivity index (χ1v) is 5.62. The summed E-state index contributed by atoms with van der Waals surface area (Å²) < 4.78 is 25.4. The van der Waals surface area contributed by atoms with Crippen molar-refractivity contribution < 1.29 is 27.7 Å². The largest absolute Gasteiger partial charge is 0.475 e. The molecule has 0 aromatic carbocycles. The number of rotatable bonds is 6. The fraction of sp³-hybridized carbons (Fsp3) is 0.750. The molecule has 7 heteroatoms. The fourth-order valence-electron chi connectivity index (χ4n) is 0.749. The SMILES string of the molecule is COP(=O)(OC)OC(C)(C(C)=O)C(C)=O. The molecule has 0 aromatic heterocycles. The molecule has 0 aromatic rings. The van der Waals surface area contributed by atoms with E-state index in [4.69, 9.17) is 4.52 Å². The number of hydrogen-bond donors (Lipinski definition) is 0. The van der Waals surface area contributed by atoms with Crippen LogP contribution in [-0.4, -0.2) is 31.4 Å².